The Morgan fingerprint density at radius 2 is 1.86 bits per heavy atom. The predicted molar refractivity (Wildman–Crippen MR) is 155 cm³/mol. The third-order valence-electron chi connectivity index (χ3n) is 5.20. The van der Waals surface area contributed by atoms with Gasteiger partial charge in [0, 0.05) is 0 Å². The fraction of sp³-hybridized carbons (Fsp3) is 0.148. The molecule has 190 valence electrons. The summed E-state index contributed by atoms with van der Waals surface area (Å²) in [6.07, 6.45) is 1.76. The third kappa shape index (κ3) is 6.45. The van der Waals surface area contributed by atoms with Crippen LogP contribution >= 0.6 is 47.2 Å². The van der Waals surface area contributed by atoms with Crippen LogP contribution in [0.1, 0.15) is 18.1 Å². The van der Waals surface area contributed by atoms with E-state index in [2.05, 4.69) is 5.32 Å². The smallest absolute Gasteiger partial charge is 0.270 e. The number of rotatable bonds is 8. The van der Waals surface area contributed by atoms with Crippen molar-refractivity contribution in [3.8, 4) is 11.5 Å². The number of ether oxygens (including phenoxy) is 2. The molecule has 0 radical (unpaired) electrons. The van der Waals surface area contributed by atoms with Gasteiger partial charge in [0.2, 0.25) is 0 Å². The third-order valence-corrected chi connectivity index (χ3v) is 7.32. The average Bonchev–Trinajstić information content (AvgIpc) is 3.14. The van der Waals surface area contributed by atoms with Gasteiger partial charge in [-0.05, 0) is 67.4 Å². The van der Waals surface area contributed by atoms with Crippen molar-refractivity contribution >= 4 is 80.8 Å². The monoisotopic (exact) mass is 572 g/mol. The van der Waals surface area contributed by atoms with E-state index in [9.17, 15) is 9.59 Å². The Labute approximate surface area is 234 Å². The minimum absolute atomic E-state index is 0.185. The van der Waals surface area contributed by atoms with E-state index in [1.54, 1.807) is 42.5 Å². The number of nitrogens with zero attached hydrogens (tertiary/aromatic N) is 1. The molecule has 0 unspecified atom stereocenters. The van der Waals surface area contributed by atoms with E-state index >= 15 is 0 Å². The normalized spacial score (nSPS) is 14.3. The minimum Gasteiger partial charge on any atom is -0.490 e. The molecule has 6 nitrogen and oxygen atoms in total. The lowest BCUT2D eigenvalue weighted by molar-refractivity contribution is -0.118. The molecule has 1 N–H and O–H groups in total. The lowest BCUT2D eigenvalue weighted by Crippen LogP contribution is -2.27. The number of aryl methyl sites for hydroxylation is 1. The molecular formula is C27H22Cl2N2O4S2. The van der Waals surface area contributed by atoms with Crippen LogP contribution in [-0.2, 0) is 9.59 Å². The Bertz CT molecular complexity index is 1410. The van der Waals surface area contributed by atoms with Crippen LogP contribution in [0.5, 0.6) is 11.5 Å². The van der Waals surface area contributed by atoms with Crippen molar-refractivity contribution in [2.24, 2.45) is 0 Å². The summed E-state index contributed by atoms with van der Waals surface area (Å²) in [5.41, 5.74) is 2.90. The first-order valence-corrected chi connectivity index (χ1v) is 13.2. The molecule has 3 aromatic rings. The van der Waals surface area contributed by atoms with E-state index in [1.165, 1.54) is 16.7 Å². The van der Waals surface area contributed by atoms with Crippen molar-refractivity contribution in [1.29, 1.82) is 0 Å². The Morgan fingerprint density at radius 1 is 1.08 bits per heavy atom. The second kappa shape index (κ2) is 12.0. The average molecular weight is 574 g/mol. The zero-order valence-electron chi connectivity index (χ0n) is 19.9. The van der Waals surface area contributed by atoms with Crippen LogP contribution in [0.25, 0.3) is 6.08 Å². The lowest BCUT2D eigenvalue weighted by Gasteiger charge is -2.15. The Hall–Kier alpha value is -3.04. The van der Waals surface area contributed by atoms with Gasteiger partial charge in [-0.25, -0.2) is 0 Å². The largest absolute Gasteiger partial charge is 0.490 e. The first kappa shape index (κ1) is 27.0. The summed E-state index contributed by atoms with van der Waals surface area (Å²) in [4.78, 5) is 27.6. The van der Waals surface area contributed by atoms with Gasteiger partial charge in [-0.3, -0.25) is 14.5 Å². The van der Waals surface area contributed by atoms with Gasteiger partial charge in [0.15, 0.2) is 22.4 Å². The molecule has 0 aromatic heterocycles. The van der Waals surface area contributed by atoms with Crippen molar-refractivity contribution in [3.63, 3.8) is 0 Å². The van der Waals surface area contributed by atoms with E-state index < -0.39 is 5.91 Å². The number of hydrogen-bond acceptors (Lipinski definition) is 6. The van der Waals surface area contributed by atoms with Crippen molar-refractivity contribution < 1.29 is 19.1 Å². The van der Waals surface area contributed by atoms with Gasteiger partial charge in [-0.2, -0.15) is 0 Å². The van der Waals surface area contributed by atoms with Gasteiger partial charge in [0.1, 0.15) is 0 Å². The van der Waals surface area contributed by atoms with Crippen LogP contribution in [0.3, 0.4) is 0 Å². The van der Waals surface area contributed by atoms with E-state index in [0.29, 0.717) is 38.0 Å². The number of halogens is 2. The number of amides is 2. The number of thioether (sulfide) groups is 1. The topological polar surface area (TPSA) is 67.9 Å². The number of anilines is 2. The summed E-state index contributed by atoms with van der Waals surface area (Å²) < 4.78 is 11.9. The summed E-state index contributed by atoms with van der Waals surface area (Å²) in [6, 6.07) is 17.8. The molecule has 1 saturated heterocycles. The molecule has 0 saturated carbocycles. The molecule has 1 aliphatic heterocycles. The molecule has 1 fully saturated rings. The summed E-state index contributed by atoms with van der Waals surface area (Å²) in [7, 11) is 0. The van der Waals surface area contributed by atoms with Gasteiger partial charge in [0.05, 0.1) is 32.9 Å². The molecule has 0 bridgehead atoms. The standard InChI is InChI=1S/C27H22Cl2N2O4S2/c1-3-34-22-13-17(14-23-26(33)31(27(36)37-23)18-7-4-6-16(2)12-18)10-11-21(22)35-15-24(32)30-20-9-5-8-19(28)25(20)29/h4-14H,3,15H2,1-2H3,(H,30,32)/b23-14-. The highest BCUT2D eigenvalue weighted by molar-refractivity contribution is 8.27. The van der Waals surface area contributed by atoms with Gasteiger partial charge in [-0.1, -0.05) is 71.4 Å². The second-order valence-corrected chi connectivity index (χ2v) is 10.4. The van der Waals surface area contributed by atoms with E-state index in [0.717, 1.165) is 16.8 Å². The first-order chi connectivity index (χ1) is 17.8. The summed E-state index contributed by atoms with van der Waals surface area (Å²) in [5, 5.41) is 3.27. The van der Waals surface area contributed by atoms with Crippen LogP contribution in [0.15, 0.2) is 65.6 Å². The quantitative estimate of drug-likeness (QED) is 0.229. The number of carbonyl (C=O) groups excluding carboxylic acids is 2. The highest BCUT2D eigenvalue weighted by atomic mass is 35.5. The highest BCUT2D eigenvalue weighted by Crippen LogP contribution is 2.37. The molecule has 0 aliphatic carbocycles. The first-order valence-electron chi connectivity index (χ1n) is 11.2. The summed E-state index contributed by atoms with van der Waals surface area (Å²) in [6.45, 7) is 3.93. The predicted octanol–water partition coefficient (Wildman–Crippen LogP) is 7.12. The molecular weight excluding hydrogens is 551 g/mol. The molecule has 3 aromatic carbocycles. The SMILES string of the molecule is CCOc1cc(/C=C2\SC(=S)N(c3cccc(C)c3)C2=O)ccc1OCC(=O)Nc1cccc(Cl)c1Cl. The zero-order valence-corrected chi connectivity index (χ0v) is 23.1. The maximum Gasteiger partial charge on any atom is 0.270 e. The second-order valence-electron chi connectivity index (χ2n) is 7.93. The number of carbonyl (C=O) groups is 2. The molecule has 0 atom stereocenters. The van der Waals surface area contributed by atoms with Crippen LogP contribution < -0.4 is 19.7 Å². The van der Waals surface area contributed by atoms with Crippen molar-refractivity contribution in [2.75, 3.05) is 23.4 Å². The van der Waals surface area contributed by atoms with Crippen LogP contribution in [0.2, 0.25) is 10.0 Å². The molecule has 4 rings (SSSR count). The Morgan fingerprint density at radius 3 is 2.62 bits per heavy atom. The fourth-order valence-electron chi connectivity index (χ4n) is 3.54. The molecule has 37 heavy (non-hydrogen) atoms. The highest BCUT2D eigenvalue weighted by Gasteiger charge is 2.33. The number of thiocarbonyl (C=S) groups is 1. The maximum atomic E-state index is 13.1. The summed E-state index contributed by atoms with van der Waals surface area (Å²) >= 11 is 18.8. The van der Waals surface area contributed by atoms with Gasteiger partial charge in [0.25, 0.3) is 11.8 Å². The minimum atomic E-state index is -0.407. The Kier molecular flexibility index (Phi) is 8.76. The maximum absolute atomic E-state index is 13.1. The number of benzene rings is 3. The van der Waals surface area contributed by atoms with E-state index in [-0.39, 0.29) is 17.5 Å². The molecule has 1 heterocycles. The van der Waals surface area contributed by atoms with Gasteiger partial charge < -0.3 is 14.8 Å². The van der Waals surface area contributed by atoms with E-state index in [1.807, 2.05) is 38.1 Å². The molecule has 2 amide bonds. The van der Waals surface area contributed by atoms with Crippen molar-refractivity contribution in [3.05, 3.63) is 86.7 Å². The van der Waals surface area contributed by atoms with Gasteiger partial charge in [-0.15, -0.1) is 0 Å². The molecule has 0 spiro atoms. The van der Waals surface area contributed by atoms with Crippen molar-refractivity contribution in [2.45, 2.75) is 13.8 Å². The lowest BCUT2D eigenvalue weighted by atomic mass is 10.1. The van der Waals surface area contributed by atoms with E-state index in [4.69, 9.17) is 44.9 Å². The Balaban J connectivity index is 1.48. The molecule has 1 aliphatic rings. The van der Waals surface area contributed by atoms with Gasteiger partial charge >= 0.3 is 0 Å². The van der Waals surface area contributed by atoms with Crippen LogP contribution in [-0.4, -0.2) is 29.3 Å². The molecule has 10 heteroatoms. The number of hydrogen-bond donors (Lipinski definition) is 1. The van der Waals surface area contributed by atoms with Crippen LogP contribution in [0, 0.1) is 6.92 Å². The number of nitrogens with one attached hydrogen (secondary N) is 1. The zero-order chi connectivity index (χ0) is 26.5. The summed E-state index contributed by atoms with van der Waals surface area (Å²) in [5.74, 6) is 0.239. The fourth-order valence-corrected chi connectivity index (χ4v) is 5.19. The van der Waals surface area contributed by atoms with Crippen molar-refractivity contribution in [1.82, 2.24) is 0 Å². The van der Waals surface area contributed by atoms with Crippen LogP contribution in [0.4, 0.5) is 11.4 Å².